The lowest BCUT2D eigenvalue weighted by Crippen LogP contribution is -2.50. The number of thioether (sulfide) groups is 1. The van der Waals surface area contributed by atoms with Gasteiger partial charge < -0.3 is 10.2 Å². The minimum Gasteiger partial charge on any atom is -0.354 e. The van der Waals surface area contributed by atoms with Crippen LogP contribution in [0.15, 0.2) is 0 Å². The molecule has 2 saturated heterocycles. The lowest BCUT2D eigenvalue weighted by molar-refractivity contribution is -0.137. The third-order valence-corrected chi connectivity index (χ3v) is 4.80. The molecule has 0 aromatic heterocycles. The van der Waals surface area contributed by atoms with Crippen LogP contribution in [0.2, 0.25) is 0 Å². The second-order valence-electron chi connectivity index (χ2n) is 4.56. The number of amides is 2. The summed E-state index contributed by atoms with van der Waals surface area (Å²) < 4.78 is 0. The highest BCUT2D eigenvalue weighted by Gasteiger charge is 2.52. The van der Waals surface area contributed by atoms with E-state index in [1.54, 1.807) is 16.7 Å². The zero-order valence-corrected chi connectivity index (χ0v) is 10.6. The van der Waals surface area contributed by atoms with Crippen LogP contribution < -0.4 is 5.32 Å². The van der Waals surface area contributed by atoms with Gasteiger partial charge in [-0.3, -0.25) is 9.59 Å². The molecule has 2 aliphatic heterocycles. The Morgan fingerprint density at radius 1 is 1.69 bits per heavy atom. The highest BCUT2D eigenvalue weighted by atomic mass is 32.2. The molecule has 2 aliphatic rings. The fraction of sp³-hybridized carbons (Fsp3) is 0.818. The third-order valence-electron chi connectivity index (χ3n) is 3.30. The van der Waals surface area contributed by atoms with Gasteiger partial charge in [-0.25, -0.2) is 0 Å². The van der Waals surface area contributed by atoms with Gasteiger partial charge in [-0.2, -0.15) is 0 Å². The van der Waals surface area contributed by atoms with Gasteiger partial charge in [-0.1, -0.05) is 6.92 Å². The minimum absolute atomic E-state index is 0.00771. The van der Waals surface area contributed by atoms with Crippen LogP contribution >= 0.6 is 11.8 Å². The number of rotatable bonds is 3. The fourth-order valence-corrected chi connectivity index (χ4v) is 3.81. The molecule has 0 spiro atoms. The predicted molar refractivity (Wildman–Crippen MR) is 64.0 cm³/mol. The summed E-state index contributed by atoms with van der Waals surface area (Å²) in [6, 6.07) is -0.253. The molecule has 0 bridgehead atoms. The molecule has 2 heterocycles. The highest BCUT2D eigenvalue weighted by Crippen LogP contribution is 2.47. The SMILES string of the molecule is CCCNC(=O)[C@@H]1CS[C@]2(C)CCC(=O)N12. The first kappa shape index (κ1) is 11.8. The summed E-state index contributed by atoms with van der Waals surface area (Å²) in [6.45, 7) is 4.78. The van der Waals surface area contributed by atoms with E-state index < -0.39 is 0 Å². The van der Waals surface area contributed by atoms with Crippen LogP contribution in [0.1, 0.15) is 33.1 Å². The monoisotopic (exact) mass is 242 g/mol. The van der Waals surface area contributed by atoms with Crippen molar-refractivity contribution in [1.82, 2.24) is 10.2 Å². The van der Waals surface area contributed by atoms with Crippen molar-refractivity contribution in [2.45, 2.75) is 44.0 Å². The number of nitrogens with zero attached hydrogens (tertiary/aromatic N) is 1. The number of fused-ring (bicyclic) bond motifs is 1. The highest BCUT2D eigenvalue weighted by molar-refractivity contribution is 8.01. The average molecular weight is 242 g/mol. The molecule has 16 heavy (non-hydrogen) atoms. The molecule has 2 atom stereocenters. The van der Waals surface area contributed by atoms with Gasteiger partial charge >= 0.3 is 0 Å². The zero-order valence-electron chi connectivity index (χ0n) is 9.78. The topological polar surface area (TPSA) is 49.4 Å². The summed E-state index contributed by atoms with van der Waals surface area (Å²) in [5, 5.41) is 2.88. The van der Waals surface area contributed by atoms with Crippen molar-refractivity contribution in [3.8, 4) is 0 Å². The van der Waals surface area contributed by atoms with Crippen LogP contribution in [0.25, 0.3) is 0 Å². The molecule has 0 aromatic rings. The summed E-state index contributed by atoms with van der Waals surface area (Å²) in [4.78, 5) is 25.4. The van der Waals surface area contributed by atoms with E-state index in [9.17, 15) is 9.59 Å². The zero-order chi connectivity index (χ0) is 11.8. The van der Waals surface area contributed by atoms with Gasteiger partial charge in [0.1, 0.15) is 6.04 Å². The summed E-state index contributed by atoms with van der Waals surface area (Å²) >= 11 is 1.73. The van der Waals surface area contributed by atoms with Crippen molar-refractivity contribution >= 4 is 23.6 Å². The van der Waals surface area contributed by atoms with Crippen molar-refractivity contribution in [2.24, 2.45) is 0 Å². The van der Waals surface area contributed by atoms with Crippen LogP contribution in [-0.2, 0) is 9.59 Å². The van der Waals surface area contributed by atoms with E-state index in [-0.39, 0.29) is 22.7 Å². The van der Waals surface area contributed by atoms with Gasteiger partial charge in [0, 0.05) is 18.7 Å². The maximum absolute atomic E-state index is 11.9. The van der Waals surface area contributed by atoms with Crippen molar-refractivity contribution in [2.75, 3.05) is 12.3 Å². The van der Waals surface area contributed by atoms with Gasteiger partial charge in [-0.05, 0) is 19.8 Å². The lowest BCUT2D eigenvalue weighted by atomic mass is 10.2. The van der Waals surface area contributed by atoms with Crippen LogP contribution in [0, 0.1) is 0 Å². The number of carbonyl (C=O) groups excluding carboxylic acids is 2. The summed E-state index contributed by atoms with van der Waals surface area (Å²) in [6.07, 6.45) is 2.38. The van der Waals surface area contributed by atoms with Gasteiger partial charge in [-0.15, -0.1) is 11.8 Å². The molecule has 2 rings (SSSR count). The van der Waals surface area contributed by atoms with Gasteiger partial charge in [0.2, 0.25) is 11.8 Å². The Kier molecular flexibility index (Phi) is 3.15. The molecular formula is C11H18N2O2S. The third kappa shape index (κ3) is 1.81. The van der Waals surface area contributed by atoms with Gasteiger partial charge in [0.15, 0.2) is 0 Å². The lowest BCUT2D eigenvalue weighted by Gasteiger charge is -2.29. The molecule has 0 aliphatic carbocycles. The Bertz CT molecular complexity index is 321. The second-order valence-corrected chi connectivity index (χ2v) is 6.06. The van der Waals surface area contributed by atoms with Crippen LogP contribution in [-0.4, -0.2) is 39.9 Å². The summed E-state index contributed by atoms with van der Waals surface area (Å²) in [7, 11) is 0. The molecule has 4 nitrogen and oxygen atoms in total. The standard InChI is InChI=1S/C11H18N2O2S/c1-3-6-12-10(15)8-7-16-11(2)5-4-9(14)13(8)11/h8H,3-7H2,1-2H3,(H,12,15)/t8-,11+/m0/s1. The minimum atomic E-state index is -0.253. The van der Waals surface area contributed by atoms with Crippen molar-refractivity contribution in [3.63, 3.8) is 0 Å². The normalized spacial score (nSPS) is 33.0. The molecule has 0 unspecified atom stereocenters. The van der Waals surface area contributed by atoms with Gasteiger partial charge in [0.25, 0.3) is 0 Å². The van der Waals surface area contributed by atoms with Crippen LogP contribution in [0.5, 0.6) is 0 Å². The summed E-state index contributed by atoms with van der Waals surface area (Å²) in [5.74, 6) is 0.870. The first-order chi connectivity index (χ1) is 7.58. The molecule has 0 saturated carbocycles. The summed E-state index contributed by atoms with van der Waals surface area (Å²) in [5.41, 5.74) is 0. The molecule has 2 fully saturated rings. The number of carbonyl (C=O) groups is 2. The van der Waals surface area contributed by atoms with E-state index in [0.717, 1.165) is 18.6 Å². The van der Waals surface area contributed by atoms with Crippen LogP contribution in [0.4, 0.5) is 0 Å². The predicted octanol–water partition coefficient (Wildman–Crippen LogP) is 0.967. The molecule has 0 aromatic carbocycles. The molecular weight excluding hydrogens is 224 g/mol. The molecule has 90 valence electrons. The number of nitrogens with one attached hydrogen (secondary N) is 1. The molecule has 5 heteroatoms. The van der Waals surface area contributed by atoms with E-state index in [1.165, 1.54) is 0 Å². The Balaban J connectivity index is 2.07. The Morgan fingerprint density at radius 2 is 2.44 bits per heavy atom. The van der Waals surface area contributed by atoms with Crippen molar-refractivity contribution < 1.29 is 9.59 Å². The average Bonchev–Trinajstić information content (AvgIpc) is 2.73. The van der Waals surface area contributed by atoms with E-state index in [2.05, 4.69) is 12.2 Å². The van der Waals surface area contributed by atoms with E-state index in [4.69, 9.17) is 0 Å². The van der Waals surface area contributed by atoms with E-state index in [1.807, 2.05) is 6.92 Å². The Morgan fingerprint density at radius 3 is 3.12 bits per heavy atom. The molecule has 2 amide bonds. The molecule has 1 N–H and O–H groups in total. The maximum Gasteiger partial charge on any atom is 0.243 e. The van der Waals surface area contributed by atoms with Crippen LogP contribution in [0.3, 0.4) is 0 Å². The Labute approximate surface area is 100 Å². The van der Waals surface area contributed by atoms with E-state index in [0.29, 0.717) is 13.0 Å². The largest absolute Gasteiger partial charge is 0.354 e. The first-order valence-corrected chi connectivity index (χ1v) is 6.81. The van der Waals surface area contributed by atoms with Gasteiger partial charge in [0.05, 0.1) is 4.87 Å². The number of hydrogen-bond acceptors (Lipinski definition) is 3. The number of hydrogen-bond donors (Lipinski definition) is 1. The van der Waals surface area contributed by atoms with Crippen molar-refractivity contribution in [3.05, 3.63) is 0 Å². The second kappa shape index (κ2) is 4.28. The fourth-order valence-electron chi connectivity index (χ4n) is 2.38. The first-order valence-electron chi connectivity index (χ1n) is 5.82. The molecule has 0 radical (unpaired) electrons. The Hall–Kier alpha value is -0.710. The van der Waals surface area contributed by atoms with E-state index >= 15 is 0 Å². The van der Waals surface area contributed by atoms with Crippen molar-refractivity contribution in [1.29, 1.82) is 0 Å². The maximum atomic E-state index is 11.9. The smallest absolute Gasteiger partial charge is 0.243 e. The quantitative estimate of drug-likeness (QED) is 0.802.